The largest absolute Gasteiger partial charge is 0.246 e. The van der Waals surface area contributed by atoms with Crippen molar-refractivity contribution in [1.29, 1.82) is 0 Å². The van der Waals surface area contributed by atoms with Crippen LogP contribution < -0.4 is 0 Å². The van der Waals surface area contributed by atoms with E-state index in [0.717, 1.165) is 21.2 Å². The molecule has 0 spiro atoms. The van der Waals surface area contributed by atoms with Crippen molar-refractivity contribution in [2.24, 2.45) is 0 Å². The molecular formula is C12H12FNS. The van der Waals surface area contributed by atoms with Crippen LogP contribution >= 0.6 is 11.3 Å². The molecule has 0 atom stereocenters. The molecule has 0 bridgehead atoms. The SMILES string of the molecule is Cc1nc(C)c(C2=CCC=C(F)C=C2)s1. The molecule has 0 saturated heterocycles. The molecule has 15 heavy (non-hydrogen) atoms. The average Bonchev–Trinajstić information content (AvgIpc) is 2.39. The fourth-order valence-electron chi connectivity index (χ4n) is 1.57. The second-order valence-electron chi connectivity index (χ2n) is 3.46. The molecule has 1 aliphatic carbocycles. The summed E-state index contributed by atoms with van der Waals surface area (Å²) in [6.07, 6.45) is 7.58. The maximum Gasteiger partial charge on any atom is 0.119 e. The summed E-state index contributed by atoms with van der Waals surface area (Å²) in [6, 6.07) is 0. The van der Waals surface area contributed by atoms with E-state index < -0.39 is 0 Å². The first-order valence-electron chi connectivity index (χ1n) is 4.85. The van der Waals surface area contributed by atoms with E-state index in [1.54, 1.807) is 17.4 Å². The fraction of sp³-hybridized carbons (Fsp3) is 0.250. The molecule has 2 rings (SSSR count). The third-order valence-corrected chi connectivity index (χ3v) is 3.36. The molecule has 3 heteroatoms. The van der Waals surface area contributed by atoms with E-state index in [1.165, 1.54) is 6.08 Å². The van der Waals surface area contributed by atoms with Crippen LogP contribution in [0.4, 0.5) is 4.39 Å². The van der Waals surface area contributed by atoms with Gasteiger partial charge in [0.25, 0.3) is 0 Å². The van der Waals surface area contributed by atoms with Gasteiger partial charge in [0.2, 0.25) is 0 Å². The van der Waals surface area contributed by atoms with Crippen LogP contribution in [0.15, 0.2) is 30.1 Å². The maximum atomic E-state index is 13.0. The number of rotatable bonds is 1. The van der Waals surface area contributed by atoms with E-state index in [2.05, 4.69) is 4.98 Å². The van der Waals surface area contributed by atoms with Crippen LogP contribution in [-0.2, 0) is 0 Å². The van der Waals surface area contributed by atoms with Crippen molar-refractivity contribution in [3.63, 3.8) is 0 Å². The number of aromatic nitrogens is 1. The molecule has 1 aromatic rings. The third kappa shape index (κ3) is 2.23. The van der Waals surface area contributed by atoms with Crippen LogP contribution in [0.25, 0.3) is 5.57 Å². The Kier molecular flexibility index (Phi) is 2.82. The molecule has 0 N–H and O–H groups in total. The summed E-state index contributed by atoms with van der Waals surface area (Å²) in [4.78, 5) is 5.51. The summed E-state index contributed by atoms with van der Waals surface area (Å²) in [7, 11) is 0. The fourth-order valence-corrected chi connectivity index (χ4v) is 2.51. The molecule has 0 aliphatic heterocycles. The molecule has 1 nitrogen and oxygen atoms in total. The molecule has 0 amide bonds. The van der Waals surface area contributed by atoms with Gasteiger partial charge < -0.3 is 0 Å². The first-order chi connectivity index (χ1) is 7.16. The highest BCUT2D eigenvalue weighted by Gasteiger charge is 2.08. The topological polar surface area (TPSA) is 12.9 Å². The first-order valence-corrected chi connectivity index (χ1v) is 5.67. The minimum atomic E-state index is -0.167. The summed E-state index contributed by atoms with van der Waals surface area (Å²) in [5.74, 6) is -0.167. The lowest BCUT2D eigenvalue weighted by atomic mass is 10.1. The summed E-state index contributed by atoms with van der Waals surface area (Å²) < 4.78 is 13.0. The van der Waals surface area contributed by atoms with Crippen LogP contribution in [0.1, 0.15) is 22.0 Å². The lowest BCUT2D eigenvalue weighted by Crippen LogP contribution is -1.80. The molecular weight excluding hydrogens is 209 g/mol. The Morgan fingerprint density at radius 3 is 2.73 bits per heavy atom. The Bertz CT molecular complexity index is 466. The third-order valence-electron chi connectivity index (χ3n) is 2.24. The van der Waals surface area contributed by atoms with Gasteiger partial charge in [-0.1, -0.05) is 12.2 Å². The van der Waals surface area contributed by atoms with Gasteiger partial charge in [-0.25, -0.2) is 9.37 Å². The van der Waals surface area contributed by atoms with Gasteiger partial charge in [-0.3, -0.25) is 0 Å². The quantitative estimate of drug-likeness (QED) is 0.699. The Morgan fingerprint density at radius 2 is 2.07 bits per heavy atom. The van der Waals surface area contributed by atoms with E-state index in [9.17, 15) is 4.39 Å². The highest BCUT2D eigenvalue weighted by atomic mass is 32.1. The van der Waals surface area contributed by atoms with Gasteiger partial charge in [0, 0.05) is 0 Å². The maximum absolute atomic E-state index is 13.0. The Balaban J connectivity index is 2.37. The van der Waals surface area contributed by atoms with E-state index in [-0.39, 0.29) is 5.83 Å². The molecule has 0 radical (unpaired) electrons. The predicted octanol–water partition coefficient (Wildman–Crippen LogP) is 3.96. The first kappa shape index (κ1) is 10.3. The highest BCUT2D eigenvalue weighted by Crippen LogP contribution is 2.28. The second kappa shape index (κ2) is 4.11. The van der Waals surface area contributed by atoms with E-state index in [1.807, 2.05) is 26.0 Å². The zero-order chi connectivity index (χ0) is 10.8. The van der Waals surface area contributed by atoms with Gasteiger partial charge in [0.05, 0.1) is 15.6 Å². The number of hydrogen-bond donors (Lipinski definition) is 0. The Hall–Kier alpha value is -1.22. The Morgan fingerprint density at radius 1 is 1.27 bits per heavy atom. The van der Waals surface area contributed by atoms with Gasteiger partial charge in [0.15, 0.2) is 0 Å². The van der Waals surface area contributed by atoms with Gasteiger partial charge in [-0.15, -0.1) is 11.3 Å². The summed E-state index contributed by atoms with van der Waals surface area (Å²) >= 11 is 1.66. The van der Waals surface area contributed by atoms with E-state index in [0.29, 0.717) is 6.42 Å². The molecule has 1 aromatic heterocycles. The van der Waals surface area contributed by atoms with E-state index >= 15 is 0 Å². The normalized spacial score (nSPS) is 15.9. The number of allylic oxidation sites excluding steroid dienone is 6. The van der Waals surface area contributed by atoms with Gasteiger partial charge in [-0.2, -0.15) is 0 Å². The molecule has 1 aliphatic rings. The minimum Gasteiger partial charge on any atom is -0.246 e. The zero-order valence-corrected chi connectivity index (χ0v) is 9.57. The van der Waals surface area contributed by atoms with Crippen LogP contribution in [-0.4, -0.2) is 4.98 Å². The van der Waals surface area contributed by atoms with Crippen molar-refractivity contribution in [3.8, 4) is 0 Å². The van der Waals surface area contributed by atoms with Gasteiger partial charge >= 0.3 is 0 Å². The number of halogens is 1. The van der Waals surface area contributed by atoms with E-state index in [4.69, 9.17) is 0 Å². The number of thiazole rings is 1. The minimum absolute atomic E-state index is 0.167. The van der Waals surface area contributed by atoms with Gasteiger partial charge in [-0.05, 0) is 38.0 Å². The van der Waals surface area contributed by atoms with Crippen LogP contribution in [0.5, 0.6) is 0 Å². The predicted molar refractivity (Wildman–Crippen MR) is 62.5 cm³/mol. The molecule has 78 valence electrons. The van der Waals surface area contributed by atoms with Crippen LogP contribution in [0, 0.1) is 13.8 Å². The molecule has 0 aromatic carbocycles. The molecule has 1 heterocycles. The lowest BCUT2D eigenvalue weighted by molar-refractivity contribution is 0.663. The van der Waals surface area contributed by atoms with Crippen molar-refractivity contribution in [2.45, 2.75) is 20.3 Å². The summed E-state index contributed by atoms with van der Waals surface area (Å²) in [6.45, 7) is 3.98. The Labute approximate surface area is 92.7 Å². The number of aryl methyl sites for hydroxylation is 2. The summed E-state index contributed by atoms with van der Waals surface area (Å²) in [5.41, 5.74) is 2.10. The molecule has 0 saturated carbocycles. The lowest BCUT2D eigenvalue weighted by Gasteiger charge is -1.97. The average molecular weight is 221 g/mol. The number of nitrogens with zero attached hydrogens (tertiary/aromatic N) is 1. The monoisotopic (exact) mass is 221 g/mol. The van der Waals surface area contributed by atoms with Crippen molar-refractivity contribution >= 4 is 16.9 Å². The zero-order valence-electron chi connectivity index (χ0n) is 8.75. The molecule has 0 fully saturated rings. The van der Waals surface area contributed by atoms with Crippen LogP contribution in [0.2, 0.25) is 0 Å². The smallest absolute Gasteiger partial charge is 0.119 e. The van der Waals surface area contributed by atoms with Crippen molar-refractivity contribution in [2.75, 3.05) is 0 Å². The van der Waals surface area contributed by atoms with Crippen molar-refractivity contribution in [3.05, 3.63) is 45.7 Å². The van der Waals surface area contributed by atoms with Crippen molar-refractivity contribution < 1.29 is 4.39 Å². The molecule has 0 unspecified atom stereocenters. The van der Waals surface area contributed by atoms with Crippen molar-refractivity contribution in [1.82, 2.24) is 4.98 Å². The van der Waals surface area contributed by atoms with Gasteiger partial charge in [0.1, 0.15) is 5.83 Å². The standard InChI is InChI=1S/C12H12FNS/c1-8-12(15-9(2)14-8)10-4-3-5-11(13)7-6-10/h4-7H,3H2,1-2H3. The van der Waals surface area contributed by atoms with Crippen LogP contribution in [0.3, 0.4) is 0 Å². The summed E-state index contributed by atoms with van der Waals surface area (Å²) in [5, 5.41) is 1.05. The highest BCUT2D eigenvalue weighted by molar-refractivity contribution is 7.12. The number of hydrogen-bond acceptors (Lipinski definition) is 2. The second-order valence-corrected chi connectivity index (χ2v) is 4.67.